The van der Waals surface area contributed by atoms with Crippen LogP contribution in [0.3, 0.4) is 0 Å². The summed E-state index contributed by atoms with van der Waals surface area (Å²) in [4.78, 5) is 15.3. The molecular weight excluding hydrogens is 468 g/mol. The number of nitrogens with zero attached hydrogens (tertiary/aromatic N) is 1. The van der Waals surface area contributed by atoms with E-state index in [1.165, 1.54) is 22.4 Å². The van der Waals surface area contributed by atoms with E-state index in [1.807, 2.05) is 24.3 Å². The Kier molecular flexibility index (Phi) is 7.36. The van der Waals surface area contributed by atoms with Crippen LogP contribution in [0, 0.1) is 6.92 Å². The highest BCUT2D eigenvalue weighted by Gasteiger charge is 2.45. The molecule has 36 heavy (non-hydrogen) atoms. The molecule has 1 aliphatic carbocycles. The van der Waals surface area contributed by atoms with Crippen LogP contribution in [0.15, 0.2) is 72.8 Å². The van der Waals surface area contributed by atoms with E-state index in [1.54, 1.807) is 0 Å². The van der Waals surface area contributed by atoms with Gasteiger partial charge in [0.25, 0.3) is 0 Å². The summed E-state index contributed by atoms with van der Waals surface area (Å²) in [6.45, 7) is 4.29. The number of rotatable bonds is 6. The zero-order chi connectivity index (χ0) is 25.1. The Bertz CT molecular complexity index is 1180. The molecule has 3 aromatic carbocycles. The number of halogens is 1. The first-order chi connectivity index (χ1) is 17.5. The Balaban J connectivity index is 1.48. The smallest absolute Gasteiger partial charge is 0.314 e. The molecule has 0 aromatic heterocycles. The lowest BCUT2D eigenvalue weighted by Gasteiger charge is -2.47. The van der Waals surface area contributed by atoms with Gasteiger partial charge in [0.1, 0.15) is 0 Å². The molecule has 2 fully saturated rings. The minimum atomic E-state index is -0.845. The quantitative estimate of drug-likeness (QED) is 0.387. The van der Waals surface area contributed by atoms with Gasteiger partial charge < -0.3 is 15.3 Å². The van der Waals surface area contributed by atoms with Gasteiger partial charge in [-0.3, -0.25) is 4.79 Å². The van der Waals surface area contributed by atoms with Crippen molar-refractivity contribution in [1.29, 1.82) is 0 Å². The Labute approximate surface area is 219 Å². The summed E-state index contributed by atoms with van der Waals surface area (Å²) >= 11 is 6.11. The summed E-state index contributed by atoms with van der Waals surface area (Å²) in [7, 11) is 0. The number of carboxylic acid groups (broad SMARTS) is 1. The van der Waals surface area contributed by atoms with E-state index >= 15 is 0 Å². The monoisotopic (exact) mass is 502 g/mol. The van der Waals surface area contributed by atoms with Crippen molar-refractivity contribution in [2.45, 2.75) is 62.9 Å². The molecule has 2 N–H and O–H groups in total. The highest BCUT2D eigenvalue weighted by atomic mass is 35.5. The molecule has 1 aliphatic heterocycles. The molecule has 3 aromatic rings. The van der Waals surface area contributed by atoms with Gasteiger partial charge in [-0.15, -0.1) is 0 Å². The van der Waals surface area contributed by atoms with Crippen molar-refractivity contribution in [3.05, 3.63) is 88.9 Å². The number of hydrogen-bond acceptors (Lipinski definition) is 3. The minimum absolute atomic E-state index is 0.317. The average molecular weight is 503 g/mol. The molecule has 4 nitrogen and oxygen atoms in total. The van der Waals surface area contributed by atoms with Crippen molar-refractivity contribution < 1.29 is 9.90 Å². The first-order valence-corrected chi connectivity index (χ1v) is 13.5. The van der Waals surface area contributed by atoms with E-state index in [9.17, 15) is 9.90 Å². The van der Waals surface area contributed by atoms with Gasteiger partial charge in [-0.05, 0) is 99.0 Å². The highest BCUT2D eigenvalue weighted by molar-refractivity contribution is 6.30. The molecule has 1 saturated heterocycles. The fraction of sp³-hybridized carbons (Fsp3) is 0.387. The fourth-order valence-electron chi connectivity index (χ4n) is 6.38. The number of hydrogen-bond donors (Lipinski definition) is 2. The maximum absolute atomic E-state index is 12.6. The zero-order valence-corrected chi connectivity index (χ0v) is 21.7. The molecule has 5 rings (SSSR count). The maximum Gasteiger partial charge on any atom is 0.314 e. The van der Waals surface area contributed by atoms with Crippen LogP contribution in [0.1, 0.15) is 49.7 Å². The average Bonchev–Trinajstić information content (AvgIpc) is 2.92. The zero-order valence-electron chi connectivity index (χ0n) is 20.9. The van der Waals surface area contributed by atoms with Crippen molar-refractivity contribution in [1.82, 2.24) is 5.32 Å². The van der Waals surface area contributed by atoms with Crippen molar-refractivity contribution in [2.75, 3.05) is 18.0 Å². The minimum Gasteiger partial charge on any atom is -0.481 e. The summed E-state index contributed by atoms with van der Waals surface area (Å²) < 4.78 is 0. The lowest BCUT2D eigenvalue weighted by Crippen LogP contribution is -2.52. The Hall–Kier alpha value is -2.82. The molecule has 0 atom stereocenters. The molecule has 1 saturated carbocycles. The maximum atomic E-state index is 12.6. The largest absolute Gasteiger partial charge is 0.481 e. The van der Waals surface area contributed by atoms with Gasteiger partial charge in [0.15, 0.2) is 0 Å². The van der Waals surface area contributed by atoms with Crippen LogP contribution >= 0.6 is 11.6 Å². The van der Waals surface area contributed by atoms with Gasteiger partial charge in [0.05, 0.1) is 5.41 Å². The molecule has 0 bridgehead atoms. The first-order valence-electron chi connectivity index (χ1n) is 13.1. The van der Waals surface area contributed by atoms with Gasteiger partial charge in [-0.1, -0.05) is 66.2 Å². The number of aliphatic carboxylic acids is 1. The summed E-state index contributed by atoms with van der Waals surface area (Å²) in [6, 6.07) is 25.4. The van der Waals surface area contributed by atoms with E-state index in [-0.39, 0.29) is 0 Å². The number of nitrogens with one attached hydrogen (secondary N) is 1. The third kappa shape index (κ3) is 4.77. The van der Waals surface area contributed by atoms with E-state index < -0.39 is 11.4 Å². The predicted molar refractivity (Wildman–Crippen MR) is 148 cm³/mol. The molecule has 0 unspecified atom stereocenters. The topological polar surface area (TPSA) is 52.6 Å². The van der Waals surface area contributed by atoms with Crippen molar-refractivity contribution in [3.8, 4) is 11.1 Å². The Morgan fingerprint density at radius 3 is 2.17 bits per heavy atom. The van der Waals surface area contributed by atoms with Gasteiger partial charge in [0, 0.05) is 22.8 Å². The van der Waals surface area contributed by atoms with E-state index in [2.05, 4.69) is 65.7 Å². The second-order valence-electron chi connectivity index (χ2n) is 10.3. The van der Waals surface area contributed by atoms with Crippen molar-refractivity contribution in [2.24, 2.45) is 0 Å². The third-order valence-electron chi connectivity index (χ3n) is 8.38. The lowest BCUT2D eigenvalue weighted by atomic mass is 9.67. The van der Waals surface area contributed by atoms with Gasteiger partial charge in [-0.2, -0.15) is 0 Å². The summed E-state index contributed by atoms with van der Waals surface area (Å²) in [6.07, 6.45) is 5.18. The molecule has 2 aliphatic rings. The van der Waals surface area contributed by atoms with Crippen LogP contribution in [-0.2, 0) is 10.2 Å². The van der Waals surface area contributed by atoms with E-state index in [0.717, 1.165) is 44.3 Å². The third-order valence-corrected chi connectivity index (χ3v) is 8.63. The van der Waals surface area contributed by atoms with Crippen LogP contribution < -0.4 is 10.2 Å². The molecule has 0 spiro atoms. The van der Waals surface area contributed by atoms with Gasteiger partial charge in [-0.25, -0.2) is 0 Å². The SMILES string of the molecule is Cc1c(-c2ccccc2)cccc1N(C1CCNCC1)C1CCC(C(=O)O)(c2ccc(Cl)cc2)CC1. The lowest BCUT2D eigenvalue weighted by molar-refractivity contribution is -0.145. The van der Waals surface area contributed by atoms with Gasteiger partial charge in [0.2, 0.25) is 0 Å². The highest BCUT2D eigenvalue weighted by Crippen LogP contribution is 2.44. The van der Waals surface area contributed by atoms with Crippen molar-refractivity contribution in [3.63, 3.8) is 0 Å². The number of piperidine rings is 1. The molecule has 0 amide bonds. The Morgan fingerprint density at radius 1 is 0.889 bits per heavy atom. The predicted octanol–water partition coefficient (Wildman–Crippen LogP) is 6.84. The van der Waals surface area contributed by atoms with Crippen molar-refractivity contribution >= 4 is 23.3 Å². The summed E-state index contributed by atoms with van der Waals surface area (Å²) in [5.74, 6) is -0.723. The first kappa shape index (κ1) is 24.9. The van der Waals surface area contributed by atoms with Crippen LogP contribution in [0.4, 0.5) is 5.69 Å². The van der Waals surface area contributed by atoms with Gasteiger partial charge >= 0.3 is 5.97 Å². The van der Waals surface area contributed by atoms with Crippen LogP contribution in [0.25, 0.3) is 11.1 Å². The van der Waals surface area contributed by atoms with Crippen LogP contribution in [0.2, 0.25) is 5.02 Å². The molecule has 0 radical (unpaired) electrons. The number of carboxylic acids is 1. The second-order valence-corrected chi connectivity index (χ2v) is 10.8. The van der Waals surface area contributed by atoms with E-state index in [4.69, 9.17) is 11.6 Å². The normalized spacial score (nSPS) is 22.8. The number of anilines is 1. The standard InChI is InChI=1S/C31H35ClN2O2/c1-22-28(23-6-3-2-4-7-23)8-5-9-29(22)34(27-16-20-33-21-17-27)26-14-18-31(19-15-26,30(35)36)24-10-12-25(32)13-11-24/h2-13,26-27,33H,14-21H2,1H3,(H,35,36). The van der Waals surface area contributed by atoms with E-state index in [0.29, 0.717) is 29.9 Å². The Morgan fingerprint density at radius 2 is 1.53 bits per heavy atom. The second kappa shape index (κ2) is 10.7. The van der Waals surface area contributed by atoms with Crippen LogP contribution in [0.5, 0.6) is 0 Å². The molecule has 1 heterocycles. The number of benzene rings is 3. The van der Waals surface area contributed by atoms with Crippen LogP contribution in [-0.4, -0.2) is 36.2 Å². The summed E-state index contributed by atoms with van der Waals surface area (Å²) in [5.41, 5.74) is 5.12. The molecular formula is C31H35ClN2O2. The molecule has 5 heteroatoms. The number of carbonyl (C=O) groups is 1. The fourth-order valence-corrected chi connectivity index (χ4v) is 6.50. The summed E-state index contributed by atoms with van der Waals surface area (Å²) in [5, 5.41) is 14.5. The molecule has 188 valence electrons.